The first-order chi connectivity index (χ1) is 7.16. The molecule has 1 aromatic rings. The van der Waals surface area contributed by atoms with E-state index in [1.165, 1.54) is 22.6 Å². The quantitative estimate of drug-likeness (QED) is 0.804. The van der Waals surface area contributed by atoms with Crippen molar-refractivity contribution >= 4 is 11.3 Å². The molecule has 15 heavy (non-hydrogen) atoms. The summed E-state index contributed by atoms with van der Waals surface area (Å²) >= 11 is 1.91. The summed E-state index contributed by atoms with van der Waals surface area (Å²) in [5.74, 6) is 1.71. The monoisotopic (exact) mass is 223 g/mol. The van der Waals surface area contributed by atoms with Gasteiger partial charge in [0.05, 0.1) is 0 Å². The van der Waals surface area contributed by atoms with Gasteiger partial charge < -0.3 is 5.32 Å². The molecule has 2 heteroatoms. The summed E-state index contributed by atoms with van der Waals surface area (Å²) in [5.41, 5.74) is 0. The van der Waals surface area contributed by atoms with Crippen LogP contribution in [0.3, 0.4) is 0 Å². The zero-order valence-corrected chi connectivity index (χ0v) is 10.7. The first-order valence-corrected chi connectivity index (χ1v) is 6.77. The minimum Gasteiger partial charge on any atom is -0.309 e. The molecule has 84 valence electrons. The van der Waals surface area contributed by atoms with E-state index in [0.717, 1.165) is 24.4 Å². The van der Waals surface area contributed by atoms with Crippen LogP contribution >= 0.6 is 11.3 Å². The molecule has 0 bridgehead atoms. The summed E-state index contributed by atoms with van der Waals surface area (Å²) in [6.07, 6.45) is 2.86. The van der Waals surface area contributed by atoms with Crippen LogP contribution in [-0.4, -0.2) is 6.04 Å². The Bertz CT molecular complexity index is 310. The molecule has 1 nitrogen and oxygen atoms in total. The molecule has 0 aliphatic heterocycles. The number of rotatable bonds is 5. The van der Waals surface area contributed by atoms with Crippen LogP contribution in [0.4, 0.5) is 0 Å². The van der Waals surface area contributed by atoms with E-state index in [2.05, 4.69) is 38.2 Å². The van der Waals surface area contributed by atoms with Crippen molar-refractivity contribution in [2.24, 2.45) is 11.8 Å². The van der Waals surface area contributed by atoms with Gasteiger partial charge in [-0.15, -0.1) is 11.3 Å². The lowest BCUT2D eigenvalue weighted by Crippen LogP contribution is -2.35. The van der Waals surface area contributed by atoms with E-state index in [1.54, 1.807) is 0 Å². The first-order valence-electron chi connectivity index (χ1n) is 5.95. The number of nitrogens with one attached hydrogen (secondary N) is 1. The minimum atomic E-state index is 0.729. The van der Waals surface area contributed by atoms with Crippen LogP contribution in [0.25, 0.3) is 0 Å². The van der Waals surface area contributed by atoms with Gasteiger partial charge in [0.2, 0.25) is 0 Å². The normalized spacial score (nSPS) is 18.4. The standard InChI is InChI=1S/C13H21NS/c1-9(2)13(11-5-6-11)14-8-12-7-4-10(3)15-12/h4,7,9,11,13-14H,5-6,8H2,1-3H3. The highest BCUT2D eigenvalue weighted by Gasteiger charge is 2.32. The molecule has 1 aliphatic rings. The molecule has 0 amide bonds. The average Bonchev–Trinajstić information content (AvgIpc) is 2.90. The third-order valence-electron chi connectivity index (χ3n) is 3.16. The molecular weight excluding hydrogens is 202 g/mol. The number of thiophene rings is 1. The molecule has 2 rings (SSSR count). The summed E-state index contributed by atoms with van der Waals surface area (Å²) in [4.78, 5) is 2.89. The van der Waals surface area contributed by atoms with Crippen molar-refractivity contribution in [2.75, 3.05) is 0 Å². The third-order valence-corrected chi connectivity index (χ3v) is 4.16. The molecule has 1 atom stereocenters. The minimum absolute atomic E-state index is 0.729. The molecule has 1 heterocycles. The van der Waals surface area contributed by atoms with E-state index in [0.29, 0.717) is 0 Å². The molecule has 0 aromatic carbocycles. The summed E-state index contributed by atoms with van der Waals surface area (Å²) < 4.78 is 0. The summed E-state index contributed by atoms with van der Waals surface area (Å²) in [6.45, 7) is 7.89. The first kappa shape index (κ1) is 11.2. The zero-order valence-electron chi connectivity index (χ0n) is 9.92. The largest absolute Gasteiger partial charge is 0.309 e. The Morgan fingerprint density at radius 1 is 1.40 bits per heavy atom. The lowest BCUT2D eigenvalue weighted by Gasteiger charge is -2.21. The van der Waals surface area contributed by atoms with Crippen LogP contribution in [0.2, 0.25) is 0 Å². The molecule has 1 unspecified atom stereocenters. The Hall–Kier alpha value is -0.340. The summed E-state index contributed by atoms with van der Waals surface area (Å²) in [5, 5.41) is 3.72. The van der Waals surface area contributed by atoms with E-state index in [1.807, 2.05) is 11.3 Å². The van der Waals surface area contributed by atoms with E-state index in [9.17, 15) is 0 Å². The Morgan fingerprint density at radius 2 is 2.13 bits per heavy atom. The van der Waals surface area contributed by atoms with Crippen molar-refractivity contribution < 1.29 is 0 Å². The molecule has 0 saturated heterocycles. The van der Waals surface area contributed by atoms with Gasteiger partial charge in [-0.05, 0) is 43.7 Å². The van der Waals surface area contributed by atoms with Crippen molar-refractivity contribution in [1.29, 1.82) is 0 Å². The van der Waals surface area contributed by atoms with Gasteiger partial charge in [0.25, 0.3) is 0 Å². The Labute approximate surface area is 96.9 Å². The predicted molar refractivity (Wildman–Crippen MR) is 67.2 cm³/mol. The second-order valence-corrected chi connectivity index (χ2v) is 6.37. The van der Waals surface area contributed by atoms with Gasteiger partial charge >= 0.3 is 0 Å². The topological polar surface area (TPSA) is 12.0 Å². The van der Waals surface area contributed by atoms with Crippen molar-refractivity contribution in [3.8, 4) is 0 Å². The lowest BCUT2D eigenvalue weighted by atomic mass is 9.99. The van der Waals surface area contributed by atoms with Gasteiger partial charge in [-0.1, -0.05) is 13.8 Å². The fourth-order valence-electron chi connectivity index (χ4n) is 2.20. The van der Waals surface area contributed by atoms with E-state index in [4.69, 9.17) is 0 Å². The predicted octanol–water partition coefficient (Wildman–Crippen LogP) is 3.58. The highest BCUT2D eigenvalue weighted by atomic mass is 32.1. The smallest absolute Gasteiger partial charge is 0.0302 e. The average molecular weight is 223 g/mol. The maximum Gasteiger partial charge on any atom is 0.0302 e. The van der Waals surface area contributed by atoms with Crippen molar-refractivity contribution in [2.45, 2.75) is 46.2 Å². The van der Waals surface area contributed by atoms with E-state index < -0.39 is 0 Å². The van der Waals surface area contributed by atoms with Crippen LogP contribution in [0.1, 0.15) is 36.4 Å². The molecule has 1 aliphatic carbocycles. The Balaban J connectivity index is 1.85. The highest BCUT2D eigenvalue weighted by molar-refractivity contribution is 7.11. The SMILES string of the molecule is Cc1ccc(CNC(C(C)C)C2CC2)s1. The number of hydrogen-bond donors (Lipinski definition) is 1. The summed E-state index contributed by atoms with van der Waals surface area (Å²) in [6, 6.07) is 5.19. The second-order valence-electron chi connectivity index (χ2n) is 5.00. The molecule has 1 saturated carbocycles. The Morgan fingerprint density at radius 3 is 2.60 bits per heavy atom. The molecule has 1 fully saturated rings. The molecular formula is C13H21NS. The van der Waals surface area contributed by atoms with E-state index >= 15 is 0 Å². The van der Waals surface area contributed by atoms with Gasteiger partial charge in [0, 0.05) is 22.3 Å². The van der Waals surface area contributed by atoms with Gasteiger partial charge in [-0.25, -0.2) is 0 Å². The van der Waals surface area contributed by atoms with Gasteiger partial charge in [-0.2, -0.15) is 0 Å². The van der Waals surface area contributed by atoms with Gasteiger partial charge in [0.15, 0.2) is 0 Å². The van der Waals surface area contributed by atoms with Crippen LogP contribution < -0.4 is 5.32 Å². The zero-order chi connectivity index (χ0) is 10.8. The molecule has 1 aromatic heterocycles. The third kappa shape index (κ3) is 3.05. The van der Waals surface area contributed by atoms with Crippen LogP contribution in [-0.2, 0) is 6.54 Å². The fourth-order valence-corrected chi connectivity index (χ4v) is 3.04. The lowest BCUT2D eigenvalue weighted by molar-refractivity contribution is 0.360. The molecule has 0 spiro atoms. The van der Waals surface area contributed by atoms with Gasteiger partial charge in [-0.3, -0.25) is 0 Å². The van der Waals surface area contributed by atoms with Crippen LogP contribution in [0.15, 0.2) is 12.1 Å². The van der Waals surface area contributed by atoms with Crippen LogP contribution in [0, 0.1) is 18.8 Å². The van der Waals surface area contributed by atoms with Gasteiger partial charge in [0.1, 0.15) is 0 Å². The maximum absolute atomic E-state index is 3.72. The Kier molecular flexibility index (Phi) is 3.47. The molecule has 1 N–H and O–H groups in total. The van der Waals surface area contributed by atoms with E-state index in [-0.39, 0.29) is 0 Å². The summed E-state index contributed by atoms with van der Waals surface area (Å²) in [7, 11) is 0. The van der Waals surface area contributed by atoms with Crippen LogP contribution in [0.5, 0.6) is 0 Å². The number of hydrogen-bond acceptors (Lipinski definition) is 2. The van der Waals surface area contributed by atoms with Crippen molar-refractivity contribution in [1.82, 2.24) is 5.32 Å². The van der Waals surface area contributed by atoms with Crippen molar-refractivity contribution in [3.63, 3.8) is 0 Å². The maximum atomic E-state index is 3.72. The molecule has 0 radical (unpaired) electrons. The fraction of sp³-hybridized carbons (Fsp3) is 0.692. The van der Waals surface area contributed by atoms with Crippen molar-refractivity contribution in [3.05, 3.63) is 21.9 Å². The second kappa shape index (κ2) is 4.67. The highest BCUT2D eigenvalue weighted by Crippen LogP contribution is 2.35. The number of aryl methyl sites for hydroxylation is 1.